The predicted molar refractivity (Wildman–Crippen MR) is 110 cm³/mol. The summed E-state index contributed by atoms with van der Waals surface area (Å²) in [5, 5.41) is 3.91. The largest absolute Gasteiger partial charge is 0.328 e. The van der Waals surface area contributed by atoms with E-state index in [2.05, 4.69) is 0 Å². The number of urea groups is 1. The van der Waals surface area contributed by atoms with E-state index in [1.54, 1.807) is 12.1 Å². The molecular formula is C20H20N2O7S2. The van der Waals surface area contributed by atoms with E-state index in [9.17, 15) is 31.2 Å². The molecule has 4 amide bonds. The minimum atomic E-state index is -3.86. The number of rotatable bonds is 8. The Hall–Kier alpha value is -3.05. The molecule has 0 unspecified atom stereocenters. The lowest BCUT2D eigenvalue weighted by Crippen LogP contribution is -2.63. The Morgan fingerprint density at radius 3 is 1.32 bits per heavy atom. The number of carbonyl (C=O) groups excluding carboxylic acids is 3. The smallest absolute Gasteiger partial charge is 0.277 e. The van der Waals surface area contributed by atoms with Gasteiger partial charge in [-0.25, -0.2) is 21.6 Å². The highest BCUT2D eigenvalue weighted by Gasteiger charge is 2.51. The molecule has 0 aromatic heterocycles. The molecule has 3 rings (SSSR count). The van der Waals surface area contributed by atoms with E-state index in [0.717, 1.165) is 0 Å². The van der Waals surface area contributed by atoms with Gasteiger partial charge in [-0.15, -0.1) is 0 Å². The fourth-order valence-electron chi connectivity index (χ4n) is 3.27. The van der Waals surface area contributed by atoms with Crippen molar-refractivity contribution in [3.63, 3.8) is 0 Å². The summed E-state index contributed by atoms with van der Waals surface area (Å²) in [6.45, 7) is 0. The Bertz CT molecular complexity index is 1110. The van der Waals surface area contributed by atoms with E-state index >= 15 is 0 Å². The number of amides is 4. The summed E-state index contributed by atoms with van der Waals surface area (Å²) in [7, 11) is -7.72. The second-order valence-electron chi connectivity index (χ2n) is 7.08. The quantitative estimate of drug-likeness (QED) is 0.556. The van der Waals surface area contributed by atoms with Gasteiger partial charge in [0.05, 0.1) is 21.3 Å². The fraction of sp³-hybridized carbons (Fsp3) is 0.250. The van der Waals surface area contributed by atoms with Crippen LogP contribution in [0, 0.1) is 5.41 Å². The van der Waals surface area contributed by atoms with Crippen LogP contribution in [0.15, 0.2) is 70.5 Å². The summed E-state index contributed by atoms with van der Waals surface area (Å²) in [5.41, 5.74) is -2.03. The van der Waals surface area contributed by atoms with Crippen molar-refractivity contribution >= 4 is 37.5 Å². The van der Waals surface area contributed by atoms with Crippen molar-refractivity contribution in [1.82, 2.24) is 10.6 Å². The summed E-state index contributed by atoms with van der Waals surface area (Å²) in [6.07, 6.45) is -0.973. The lowest BCUT2D eigenvalue weighted by molar-refractivity contribution is -0.144. The van der Waals surface area contributed by atoms with Gasteiger partial charge in [-0.05, 0) is 37.1 Å². The second kappa shape index (κ2) is 8.60. The molecule has 9 nitrogen and oxygen atoms in total. The zero-order valence-electron chi connectivity index (χ0n) is 16.3. The van der Waals surface area contributed by atoms with Gasteiger partial charge >= 0.3 is 6.03 Å². The highest BCUT2D eigenvalue weighted by Crippen LogP contribution is 2.33. The average molecular weight is 465 g/mol. The normalized spacial score (nSPS) is 16.5. The van der Waals surface area contributed by atoms with Gasteiger partial charge in [-0.1, -0.05) is 36.4 Å². The van der Waals surface area contributed by atoms with Gasteiger partial charge in [0.15, 0.2) is 19.7 Å². The van der Waals surface area contributed by atoms with Gasteiger partial charge in [-0.3, -0.25) is 20.2 Å². The summed E-state index contributed by atoms with van der Waals surface area (Å²) >= 11 is 0. The molecule has 2 N–H and O–H groups in total. The van der Waals surface area contributed by atoms with E-state index in [-0.39, 0.29) is 9.79 Å². The Balaban J connectivity index is 1.89. The van der Waals surface area contributed by atoms with Crippen LogP contribution >= 0.6 is 0 Å². The van der Waals surface area contributed by atoms with E-state index < -0.39 is 67.3 Å². The first-order valence-corrected chi connectivity index (χ1v) is 12.6. The van der Waals surface area contributed by atoms with Crippen LogP contribution in [0.2, 0.25) is 0 Å². The molecule has 0 spiro atoms. The molecule has 0 radical (unpaired) electrons. The number of nitrogens with one attached hydrogen (secondary N) is 2. The molecule has 2 aromatic carbocycles. The number of sulfone groups is 2. The third-order valence-electron chi connectivity index (χ3n) is 5.12. The van der Waals surface area contributed by atoms with Crippen LogP contribution in [0.3, 0.4) is 0 Å². The van der Waals surface area contributed by atoms with Crippen LogP contribution in [0.5, 0.6) is 0 Å². The molecule has 2 aromatic rings. The van der Waals surface area contributed by atoms with Crippen LogP contribution in [0.25, 0.3) is 0 Å². The van der Waals surface area contributed by atoms with E-state index in [4.69, 9.17) is 0 Å². The van der Waals surface area contributed by atoms with E-state index in [1.165, 1.54) is 48.5 Å². The minimum Gasteiger partial charge on any atom is -0.277 e. The molecule has 11 heteroatoms. The molecule has 0 bridgehead atoms. The van der Waals surface area contributed by atoms with Crippen LogP contribution < -0.4 is 10.6 Å². The van der Waals surface area contributed by atoms with E-state index in [1.807, 2.05) is 10.6 Å². The van der Waals surface area contributed by atoms with Gasteiger partial charge in [0.2, 0.25) is 11.8 Å². The van der Waals surface area contributed by atoms with Gasteiger partial charge in [-0.2, -0.15) is 0 Å². The molecule has 31 heavy (non-hydrogen) atoms. The lowest BCUT2D eigenvalue weighted by atomic mass is 9.79. The van der Waals surface area contributed by atoms with Crippen molar-refractivity contribution in [3.05, 3.63) is 60.7 Å². The monoisotopic (exact) mass is 464 g/mol. The van der Waals surface area contributed by atoms with Crippen molar-refractivity contribution in [1.29, 1.82) is 0 Å². The molecule has 1 heterocycles. The van der Waals surface area contributed by atoms with Crippen LogP contribution in [-0.2, 0) is 29.3 Å². The van der Waals surface area contributed by atoms with Gasteiger partial charge < -0.3 is 0 Å². The molecule has 1 saturated heterocycles. The molecule has 1 fully saturated rings. The first-order valence-electron chi connectivity index (χ1n) is 9.29. The zero-order valence-corrected chi connectivity index (χ0v) is 17.9. The molecule has 0 saturated carbocycles. The molecular weight excluding hydrogens is 444 g/mol. The Kier molecular flexibility index (Phi) is 6.27. The van der Waals surface area contributed by atoms with Crippen LogP contribution in [0.1, 0.15) is 12.8 Å². The highest BCUT2D eigenvalue weighted by atomic mass is 32.2. The third kappa shape index (κ3) is 4.83. The van der Waals surface area contributed by atoms with Crippen LogP contribution in [0.4, 0.5) is 4.79 Å². The third-order valence-corrected chi connectivity index (χ3v) is 8.59. The summed E-state index contributed by atoms with van der Waals surface area (Å²) in [5.74, 6) is -3.21. The Labute approximate surface area is 179 Å². The summed E-state index contributed by atoms with van der Waals surface area (Å²) in [6, 6.07) is 13.9. The average Bonchev–Trinajstić information content (AvgIpc) is 2.74. The SMILES string of the molecule is O=C1NC(=O)C(CCS(=O)(=O)c2ccccc2)(CCS(=O)(=O)c2ccccc2)C(=O)N1. The van der Waals surface area contributed by atoms with Crippen molar-refractivity contribution < 1.29 is 31.2 Å². The van der Waals surface area contributed by atoms with Gasteiger partial charge in [0, 0.05) is 0 Å². The Morgan fingerprint density at radius 1 is 0.613 bits per heavy atom. The number of benzene rings is 2. The predicted octanol–water partition coefficient (Wildman–Crippen LogP) is 1.07. The molecule has 1 aliphatic heterocycles. The fourth-order valence-corrected chi connectivity index (χ4v) is 6.12. The number of hydrogen-bond acceptors (Lipinski definition) is 7. The lowest BCUT2D eigenvalue weighted by Gasteiger charge is -2.33. The van der Waals surface area contributed by atoms with Gasteiger partial charge in [0.25, 0.3) is 0 Å². The van der Waals surface area contributed by atoms with Crippen molar-refractivity contribution in [2.24, 2.45) is 5.41 Å². The maximum atomic E-state index is 12.7. The highest BCUT2D eigenvalue weighted by molar-refractivity contribution is 7.91. The molecule has 0 atom stereocenters. The number of carbonyl (C=O) groups is 3. The van der Waals surface area contributed by atoms with Crippen molar-refractivity contribution in [3.8, 4) is 0 Å². The number of hydrogen-bond donors (Lipinski definition) is 2. The maximum absolute atomic E-state index is 12.7. The number of imide groups is 2. The summed E-state index contributed by atoms with van der Waals surface area (Å²) < 4.78 is 50.7. The first kappa shape index (κ1) is 22.6. The summed E-state index contributed by atoms with van der Waals surface area (Å²) in [4.78, 5) is 36.9. The van der Waals surface area contributed by atoms with Gasteiger partial charge in [0.1, 0.15) is 5.41 Å². The molecule has 1 aliphatic rings. The second-order valence-corrected chi connectivity index (χ2v) is 11.3. The topological polar surface area (TPSA) is 144 Å². The standard InChI is InChI=1S/C20H20N2O7S2/c23-17-20(18(24)22-19(25)21-17,11-13-30(26,27)15-7-3-1-4-8-15)12-14-31(28,29)16-9-5-2-6-10-16/h1-10H,11-14H2,(H2,21,22,23,24,25). The Morgan fingerprint density at radius 2 is 0.968 bits per heavy atom. The molecule has 0 aliphatic carbocycles. The van der Waals surface area contributed by atoms with Crippen molar-refractivity contribution in [2.75, 3.05) is 11.5 Å². The first-order chi connectivity index (χ1) is 14.6. The van der Waals surface area contributed by atoms with Crippen LogP contribution in [-0.4, -0.2) is 46.2 Å². The zero-order chi connectivity index (χ0) is 22.7. The maximum Gasteiger partial charge on any atom is 0.328 e. The van der Waals surface area contributed by atoms with Crippen molar-refractivity contribution in [2.45, 2.75) is 22.6 Å². The minimum absolute atomic E-state index is 0.00904. The number of barbiturate groups is 1. The van der Waals surface area contributed by atoms with E-state index in [0.29, 0.717) is 0 Å². The molecule has 164 valence electrons.